The minimum Gasteiger partial charge on any atom is -0.344 e. The average molecular weight is 397 g/mol. The lowest BCUT2D eigenvalue weighted by Gasteiger charge is -2.19. The van der Waals surface area contributed by atoms with Gasteiger partial charge in [0.2, 0.25) is 0 Å². The summed E-state index contributed by atoms with van der Waals surface area (Å²) in [5.41, 5.74) is 8.26. The molecular weight excluding hydrogens is 364 g/mol. The Morgan fingerprint density at radius 2 is 0.800 bits per heavy atom. The van der Waals surface area contributed by atoms with Crippen LogP contribution in [0.25, 0.3) is 43.6 Å². The highest BCUT2D eigenvalue weighted by Gasteiger charge is 2.20. The predicted octanol–water partition coefficient (Wildman–Crippen LogP) is 7.57. The highest BCUT2D eigenvalue weighted by atomic mass is 15.0. The molecule has 2 nitrogen and oxygen atoms in total. The number of benzene rings is 3. The zero-order valence-electron chi connectivity index (χ0n) is 19.5. The summed E-state index contributed by atoms with van der Waals surface area (Å²) in [7, 11) is 4.39. The Morgan fingerprint density at radius 3 is 1.13 bits per heavy atom. The highest BCUT2D eigenvalue weighted by molar-refractivity contribution is 6.18. The van der Waals surface area contributed by atoms with Gasteiger partial charge in [0, 0.05) is 57.7 Å². The number of nitrogens with zero attached hydrogens (tertiary/aromatic N) is 2. The molecule has 0 spiro atoms. The lowest BCUT2D eigenvalue weighted by atomic mass is 9.86. The van der Waals surface area contributed by atoms with E-state index in [1.807, 2.05) is 0 Å². The van der Waals surface area contributed by atoms with E-state index in [-0.39, 0.29) is 10.8 Å². The van der Waals surface area contributed by atoms with Crippen LogP contribution in [0.2, 0.25) is 0 Å². The van der Waals surface area contributed by atoms with Crippen molar-refractivity contribution in [2.45, 2.75) is 52.4 Å². The molecule has 0 saturated heterocycles. The Morgan fingerprint density at radius 1 is 0.467 bits per heavy atom. The van der Waals surface area contributed by atoms with Gasteiger partial charge < -0.3 is 9.13 Å². The molecule has 0 unspecified atom stereocenters. The summed E-state index contributed by atoms with van der Waals surface area (Å²) in [5, 5.41) is 5.38. The van der Waals surface area contributed by atoms with Crippen molar-refractivity contribution in [3.8, 4) is 0 Å². The zero-order chi connectivity index (χ0) is 21.6. The summed E-state index contributed by atoms with van der Waals surface area (Å²) in [6.45, 7) is 13.7. The maximum atomic E-state index is 2.40. The van der Waals surface area contributed by atoms with Crippen molar-refractivity contribution in [2.75, 3.05) is 0 Å². The van der Waals surface area contributed by atoms with E-state index in [9.17, 15) is 0 Å². The van der Waals surface area contributed by atoms with Gasteiger partial charge in [-0.05, 0) is 58.4 Å². The van der Waals surface area contributed by atoms with Crippen LogP contribution in [-0.2, 0) is 24.9 Å². The fourth-order valence-electron chi connectivity index (χ4n) is 4.84. The van der Waals surface area contributed by atoms with Gasteiger partial charge in [0.15, 0.2) is 0 Å². The molecule has 0 N–H and O–H groups in total. The first-order valence-corrected chi connectivity index (χ1v) is 10.9. The van der Waals surface area contributed by atoms with Crippen molar-refractivity contribution in [2.24, 2.45) is 14.1 Å². The molecule has 0 saturated carbocycles. The first-order chi connectivity index (χ1) is 14.0. The largest absolute Gasteiger partial charge is 0.344 e. The van der Waals surface area contributed by atoms with Gasteiger partial charge in [-0.25, -0.2) is 0 Å². The fraction of sp³-hybridized carbons (Fsp3) is 0.357. The second-order valence-electron chi connectivity index (χ2n) is 11.0. The molecule has 5 aromatic rings. The van der Waals surface area contributed by atoms with E-state index < -0.39 is 0 Å². The van der Waals surface area contributed by atoms with Crippen molar-refractivity contribution >= 4 is 43.6 Å². The number of aromatic nitrogens is 2. The van der Waals surface area contributed by atoms with Crippen LogP contribution in [0.3, 0.4) is 0 Å². The molecule has 0 aliphatic rings. The van der Waals surface area contributed by atoms with E-state index in [0.717, 1.165) is 0 Å². The van der Waals surface area contributed by atoms with Crippen molar-refractivity contribution in [1.82, 2.24) is 9.13 Å². The molecule has 2 heterocycles. The maximum Gasteiger partial charge on any atom is 0.0496 e. The van der Waals surface area contributed by atoms with Gasteiger partial charge in [-0.3, -0.25) is 0 Å². The van der Waals surface area contributed by atoms with E-state index in [2.05, 4.69) is 113 Å². The topological polar surface area (TPSA) is 9.86 Å². The molecule has 2 aromatic heterocycles. The molecule has 0 aliphatic carbocycles. The standard InChI is InChI=1S/C28H32N2/c1-27(2,3)17-9-11-23-19(13-17)21-15-26-22(16-25(21)29(23)7)20-14-18(28(4,5)6)10-12-24(20)30(26)8/h9-16H,1-8H3. The highest BCUT2D eigenvalue weighted by Crippen LogP contribution is 2.38. The number of aryl methyl sites for hydroxylation is 2. The third-order valence-corrected chi connectivity index (χ3v) is 6.86. The molecule has 0 bridgehead atoms. The quantitative estimate of drug-likeness (QED) is 0.255. The molecule has 0 amide bonds. The summed E-state index contributed by atoms with van der Waals surface area (Å²) in [6.07, 6.45) is 0. The van der Waals surface area contributed by atoms with Crippen LogP contribution in [0, 0.1) is 0 Å². The van der Waals surface area contributed by atoms with Gasteiger partial charge in [0.1, 0.15) is 0 Å². The second kappa shape index (κ2) is 5.91. The minimum atomic E-state index is 0.142. The average Bonchev–Trinajstić information content (AvgIpc) is 3.11. The molecule has 0 aliphatic heterocycles. The first kappa shape index (κ1) is 19.2. The first-order valence-electron chi connectivity index (χ1n) is 10.9. The SMILES string of the molecule is Cn1c2ccc(C(C)(C)C)cc2c2cc3c(cc21)c1cc(C(C)(C)C)ccc1n3C. The predicted molar refractivity (Wildman–Crippen MR) is 132 cm³/mol. The second-order valence-corrected chi connectivity index (χ2v) is 11.0. The van der Waals surface area contributed by atoms with E-state index in [0.29, 0.717) is 0 Å². The van der Waals surface area contributed by atoms with Gasteiger partial charge in [0.05, 0.1) is 0 Å². The fourth-order valence-corrected chi connectivity index (χ4v) is 4.84. The van der Waals surface area contributed by atoms with Crippen LogP contribution in [0.15, 0.2) is 48.5 Å². The lowest BCUT2D eigenvalue weighted by Crippen LogP contribution is -2.10. The molecule has 5 rings (SSSR count). The Labute approximate surface area is 179 Å². The van der Waals surface area contributed by atoms with Crippen LogP contribution < -0.4 is 0 Å². The molecule has 3 aromatic carbocycles. The number of rotatable bonds is 0. The van der Waals surface area contributed by atoms with Gasteiger partial charge >= 0.3 is 0 Å². The molecule has 154 valence electrons. The van der Waals surface area contributed by atoms with Crippen LogP contribution in [-0.4, -0.2) is 9.13 Å². The van der Waals surface area contributed by atoms with E-state index in [4.69, 9.17) is 0 Å². The summed E-state index contributed by atoms with van der Waals surface area (Å²) >= 11 is 0. The summed E-state index contributed by atoms with van der Waals surface area (Å²) in [4.78, 5) is 0. The Bertz CT molecular complexity index is 1350. The van der Waals surface area contributed by atoms with Crippen LogP contribution in [0.1, 0.15) is 52.7 Å². The number of fused-ring (bicyclic) bond motifs is 6. The molecule has 30 heavy (non-hydrogen) atoms. The lowest BCUT2D eigenvalue weighted by molar-refractivity contribution is 0.591. The molecule has 0 radical (unpaired) electrons. The summed E-state index contributed by atoms with van der Waals surface area (Å²) in [5.74, 6) is 0. The third kappa shape index (κ3) is 2.62. The van der Waals surface area contributed by atoms with Crippen molar-refractivity contribution < 1.29 is 0 Å². The maximum absolute atomic E-state index is 2.40. The summed E-state index contributed by atoms with van der Waals surface area (Å²) < 4.78 is 4.70. The normalized spacial score (nSPS) is 13.3. The Balaban J connectivity index is 1.91. The van der Waals surface area contributed by atoms with Gasteiger partial charge in [-0.2, -0.15) is 0 Å². The Kier molecular flexibility index (Phi) is 3.79. The monoisotopic (exact) mass is 396 g/mol. The van der Waals surface area contributed by atoms with Gasteiger partial charge in [0.25, 0.3) is 0 Å². The third-order valence-electron chi connectivity index (χ3n) is 6.86. The molecule has 2 heteroatoms. The number of hydrogen-bond acceptors (Lipinski definition) is 0. The summed E-state index contributed by atoms with van der Waals surface area (Å²) in [6, 6.07) is 18.7. The van der Waals surface area contributed by atoms with E-state index >= 15 is 0 Å². The molecule has 0 fully saturated rings. The molecule has 0 atom stereocenters. The smallest absolute Gasteiger partial charge is 0.0496 e. The van der Waals surface area contributed by atoms with Crippen molar-refractivity contribution in [1.29, 1.82) is 0 Å². The van der Waals surface area contributed by atoms with E-state index in [1.165, 1.54) is 54.7 Å². The van der Waals surface area contributed by atoms with Crippen molar-refractivity contribution in [3.05, 3.63) is 59.7 Å². The van der Waals surface area contributed by atoms with E-state index in [1.54, 1.807) is 0 Å². The number of hydrogen-bond donors (Lipinski definition) is 0. The minimum absolute atomic E-state index is 0.142. The van der Waals surface area contributed by atoms with Gasteiger partial charge in [-0.15, -0.1) is 0 Å². The Hall–Kier alpha value is -2.74. The van der Waals surface area contributed by atoms with Crippen molar-refractivity contribution in [3.63, 3.8) is 0 Å². The zero-order valence-corrected chi connectivity index (χ0v) is 19.5. The van der Waals surface area contributed by atoms with Crippen LogP contribution in [0.5, 0.6) is 0 Å². The molecular formula is C28H32N2. The van der Waals surface area contributed by atoms with Gasteiger partial charge in [-0.1, -0.05) is 53.7 Å². The van der Waals surface area contributed by atoms with Crippen LogP contribution in [0.4, 0.5) is 0 Å². The van der Waals surface area contributed by atoms with Crippen LogP contribution >= 0.6 is 0 Å².